The van der Waals surface area contributed by atoms with E-state index in [-0.39, 0.29) is 0 Å². The van der Waals surface area contributed by atoms with Crippen LogP contribution in [0.2, 0.25) is 5.02 Å². The smallest absolute Gasteiger partial charge is 0.0775 e. The predicted molar refractivity (Wildman–Crippen MR) is 59.7 cm³/mol. The molecule has 0 aliphatic carbocycles. The zero-order valence-corrected chi connectivity index (χ0v) is 9.33. The molecule has 0 aliphatic heterocycles. The van der Waals surface area contributed by atoms with Gasteiger partial charge in [-0.05, 0) is 18.6 Å². The third-order valence-electron chi connectivity index (χ3n) is 2.10. The van der Waals surface area contributed by atoms with Gasteiger partial charge in [0.1, 0.15) is 0 Å². The second-order valence-corrected chi connectivity index (χ2v) is 4.12. The van der Waals surface area contributed by atoms with Crippen LogP contribution in [-0.2, 0) is 0 Å². The van der Waals surface area contributed by atoms with Gasteiger partial charge in [0.25, 0.3) is 0 Å². The van der Waals surface area contributed by atoms with Gasteiger partial charge in [0, 0.05) is 5.02 Å². The fourth-order valence-corrected chi connectivity index (χ4v) is 1.86. The zero-order chi connectivity index (χ0) is 10.7. The van der Waals surface area contributed by atoms with Crippen molar-refractivity contribution >= 4 is 23.2 Å². The first-order valence-corrected chi connectivity index (χ1v) is 5.17. The highest BCUT2D eigenvalue weighted by Crippen LogP contribution is 2.30. The van der Waals surface area contributed by atoms with Crippen molar-refractivity contribution in [3.8, 4) is 0 Å². The van der Waals surface area contributed by atoms with Gasteiger partial charge in [0.2, 0.25) is 0 Å². The summed E-state index contributed by atoms with van der Waals surface area (Å²) in [5.74, 6) is 0. The maximum absolute atomic E-state index is 9.29. The summed E-state index contributed by atoms with van der Waals surface area (Å²) in [5, 5.41) is 9.39. The van der Waals surface area contributed by atoms with E-state index < -0.39 is 17.5 Å². The molecule has 0 amide bonds. The molecule has 0 spiro atoms. The second kappa shape index (κ2) is 4.99. The molecule has 3 unspecified atom stereocenters. The summed E-state index contributed by atoms with van der Waals surface area (Å²) in [4.78, 5) is 0. The predicted octanol–water partition coefficient (Wildman–Crippen LogP) is 2.33. The number of nitrogens with two attached hydrogens (primary N) is 1. The van der Waals surface area contributed by atoms with E-state index in [1.807, 2.05) is 18.2 Å². The van der Waals surface area contributed by atoms with Gasteiger partial charge in [0.15, 0.2) is 0 Å². The number of rotatable bonds is 3. The van der Waals surface area contributed by atoms with Gasteiger partial charge in [0.05, 0.1) is 17.5 Å². The molecule has 0 aliphatic rings. The van der Waals surface area contributed by atoms with Crippen LogP contribution in [0.5, 0.6) is 0 Å². The Kier molecular flexibility index (Phi) is 4.20. The number of alkyl halides is 1. The van der Waals surface area contributed by atoms with Crippen LogP contribution in [0.3, 0.4) is 0 Å². The minimum absolute atomic E-state index is 0.469. The van der Waals surface area contributed by atoms with E-state index in [2.05, 4.69) is 0 Å². The third-order valence-corrected chi connectivity index (χ3v) is 2.97. The average molecular weight is 234 g/mol. The molecule has 2 nitrogen and oxygen atoms in total. The quantitative estimate of drug-likeness (QED) is 0.788. The summed E-state index contributed by atoms with van der Waals surface area (Å²) in [6, 6.07) is 6.70. The fourth-order valence-electron chi connectivity index (χ4n) is 1.15. The van der Waals surface area contributed by atoms with Gasteiger partial charge >= 0.3 is 0 Å². The van der Waals surface area contributed by atoms with Crippen molar-refractivity contribution in [3.05, 3.63) is 34.9 Å². The molecule has 0 saturated heterocycles. The van der Waals surface area contributed by atoms with Gasteiger partial charge < -0.3 is 10.8 Å². The van der Waals surface area contributed by atoms with Crippen LogP contribution in [0, 0.1) is 0 Å². The van der Waals surface area contributed by atoms with Gasteiger partial charge in [-0.15, -0.1) is 11.6 Å². The fraction of sp³-hybridized carbons (Fsp3) is 0.400. The largest absolute Gasteiger partial charge is 0.392 e. The van der Waals surface area contributed by atoms with Crippen LogP contribution in [0.25, 0.3) is 0 Å². The molecule has 0 heterocycles. The minimum atomic E-state index is -0.659. The molecule has 14 heavy (non-hydrogen) atoms. The summed E-state index contributed by atoms with van der Waals surface area (Å²) in [7, 11) is 0. The first-order chi connectivity index (χ1) is 6.54. The Bertz CT molecular complexity index is 304. The molecule has 0 saturated carbocycles. The Morgan fingerprint density at radius 3 is 2.43 bits per heavy atom. The first kappa shape index (κ1) is 11.8. The molecule has 3 atom stereocenters. The lowest BCUT2D eigenvalue weighted by Gasteiger charge is -2.21. The molecule has 0 aromatic heterocycles. The standard InChI is InChI=1S/C10H13Cl2NO/c1-6(14)10(13)9(12)7-4-2-3-5-8(7)11/h2-6,9-10,14H,13H2,1H3. The second-order valence-electron chi connectivity index (χ2n) is 3.24. The van der Waals surface area contributed by atoms with Crippen LogP contribution < -0.4 is 5.73 Å². The molecule has 78 valence electrons. The average Bonchev–Trinajstić information content (AvgIpc) is 2.16. The maximum atomic E-state index is 9.29. The summed E-state index contributed by atoms with van der Waals surface area (Å²) in [5.41, 5.74) is 6.47. The molecule has 1 aromatic rings. The van der Waals surface area contributed by atoms with Crippen LogP contribution in [0.1, 0.15) is 17.9 Å². The topological polar surface area (TPSA) is 46.2 Å². The van der Waals surface area contributed by atoms with E-state index in [9.17, 15) is 5.11 Å². The van der Waals surface area contributed by atoms with Crippen LogP contribution in [0.4, 0.5) is 0 Å². The Morgan fingerprint density at radius 1 is 1.36 bits per heavy atom. The molecule has 1 rings (SSSR count). The molecular weight excluding hydrogens is 221 g/mol. The molecule has 0 fully saturated rings. The summed E-state index contributed by atoms with van der Waals surface area (Å²) < 4.78 is 0. The number of halogens is 2. The summed E-state index contributed by atoms with van der Waals surface area (Å²) in [6.45, 7) is 1.61. The Morgan fingerprint density at radius 2 is 1.93 bits per heavy atom. The highest BCUT2D eigenvalue weighted by Gasteiger charge is 2.22. The number of hydrogen-bond donors (Lipinski definition) is 2. The molecule has 1 aromatic carbocycles. The number of hydrogen-bond acceptors (Lipinski definition) is 2. The minimum Gasteiger partial charge on any atom is -0.392 e. The van der Waals surface area contributed by atoms with Gasteiger partial charge in [-0.25, -0.2) is 0 Å². The van der Waals surface area contributed by atoms with Crippen LogP contribution in [0.15, 0.2) is 24.3 Å². The van der Waals surface area contributed by atoms with Gasteiger partial charge in [-0.2, -0.15) is 0 Å². The Labute approximate surface area is 93.6 Å². The summed E-state index contributed by atoms with van der Waals surface area (Å²) >= 11 is 12.0. The van der Waals surface area contributed by atoms with Crippen molar-refractivity contribution in [2.75, 3.05) is 0 Å². The lowest BCUT2D eigenvalue weighted by Crippen LogP contribution is -2.36. The highest BCUT2D eigenvalue weighted by atomic mass is 35.5. The van der Waals surface area contributed by atoms with Crippen molar-refractivity contribution in [2.45, 2.75) is 24.4 Å². The van der Waals surface area contributed by atoms with E-state index in [0.29, 0.717) is 5.02 Å². The lowest BCUT2D eigenvalue weighted by atomic mass is 10.0. The molecular formula is C10H13Cl2NO. The van der Waals surface area contributed by atoms with E-state index in [4.69, 9.17) is 28.9 Å². The van der Waals surface area contributed by atoms with E-state index >= 15 is 0 Å². The van der Waals surface area contributed by atoms with Crippen molar-refractivity contribution in [3.63, 3.8) is 0 Å². The lowest BCUT2D eigenvalue weighted by molar-refractivity contribution is 0.161. The number of benzene rings is 1. The number of aliphatic hydroxyl groups excluding tert-OH is 1. The van der Waals surface area contributed by atoms with Crippen molar-refractivity contribution in [1.82, 2.24) is 0 Å². The zero-order valence-electron chi connectivity index (χ0n) is 7.82. The first-order valence-electron chi connectivity index (χ1n) is 4.36. The maximum Gasteiger partial charge on any atom is 0.0775 e. The Hall–Kier alpha value is -0.280. The van der Waals surface area contributed by atoms with Crippen LogP contribution >= 0.6 is 23.2 Å². The monoisotopic (exact) mass is 233 g/mol. The molecule has 3 N–H and O–H groups in total. The van der Waals surface area contributed by atoms with E-state index in [1.54, 1.807) is 13.0 Å². The highest BCUT2D eigenvalue weighted by molar-refractivity contribution is 6.32. The molecule has 0 bridgehead atoms. The van der Waals surface area contributed by atoms with Crippen molar-refractivity contribution in [1.29, 1.82) is 0 Å². The van der Waals surface area contributed by atoms with E-state index in [0.717, 1.165) is 5.56 Å². The normalized spacial score (nSPS) is 17.5. The van der Waals surface area contributed by atoms with Crippen molar-refractivity contribution < 1.29 is 5.11 Å². The summed E-state index contributed by atoms with van der Waals surface area (Å²) in [6.07, 6.45) is -0.659. The SMILES string of the molecule is CC(O)C(N)C(Cl)c1ccccc1Cl. The van der Waals surface area contributed by atoms with E-state index in [1.165, 1.54) is 0 Å². The van der Waals surface area contributed by atoms with Crippen molar-refractivity contribution in [2.24, 2.45) is 5.73 Å². The molecule has 0 radical (unpaired) electrons. The Balaban J connectivity index is 2.89. The van der Waals surface area contributed by atoms with Gasteiger partial charge in [-0.1, -0.05) is 29.8 Å². The third kappa shape index (κ3) is 2.61. The van der Waals surface area contributed by atoms with Crippen LogP contribution in [-0.4, -0.2) is 17.3 Å². The number of aliphatic hydroxyl groups is 1. The molecule has 4 heteroatoms. The van der Waals surface area contributed by atoms with Gasteiger partial charge in [-0.3, -0.25) is 0 Å².